The molecule has 0 aliphatic heterocycles. The Bertz CT molecular complexity index is 1950. The maximum absolute atomic E-state index is 11.4. The van der Waals surface area contributed by atoms with Gasteiger partial charge in [-0.15, -0.1) is 0 Å². The zero-order valence-corrected chi connectivity index (χ0v) is 24.0. The second-order valence-electron chi connectivity index (χ2n) is 12.0. The number of benzene rings is 5. The molecule has 2 unspecified atom stereocenters. The van der Waals surface area contributed by atoms with Gasteiger partial charge in [0.15, 0.2) is 0 Å². The van der Waals surface area contributed by atoms with Crippen molar-refractivity contribution < 1.29 is 14.6 Å². The van der Waals surface area contributed by atoms with Crippen molar-refractivity contribution in [2.45, 2.75) is 31.5 Å². The molecule has 0 saturated heterocycles. The molecule has 43 heavy (non-hydrogen) atoms. The van der Waals surface area contributed by atoms with Crippen molar-refractivity contribution in [3.8, 4) is 11.3 Å². The molecule has 0 radical (unpaired) electrons. The van der Waals surface area contributed by atoms with Crippen molar-refractivity contribution >= 4 is 33.9 Å². The second-order valence-corrected chi connectivity index (χ2v) is 12.0. The lowest BCUT2D eigenvalue weighted by molar-refractivity contribution is 0.143. The molecule has 4 nitrogen and oxygen atoms in total. The molecule has 1 heterocycles. The van der Waals surface area contributed by atoms with Gasteiger partial charge in [0, 0.05) is 33.6 Å². The van der Waals surface area contributed by atoms with Crippen LogP contribution < -0.4 is 4.90 Å². The standard InChI is InChI=1S/C39H31NO3/c1-39(2)33-21-27(40(25-13-5-3-6-14-25)26-15-7-4-8-16-26)19-20-29(33)38-34(39)23-28(43-38)22-32-36(41)30-17-9-11-24-12-10-18-31(35(24)30)37(32)42/h3-23,36-37,41-42H,1-2H3. The van der Waals surface area contributed by atoms with Crippen molar-refractivity contribution in [1.82, 2.24) is 0 Å². The largest absolute Gasteiger partial charge is 0.456 e. The van der Waals surface area contributed by atoms with E-state index in [1.54, 1.807) is 0 Å². The van der Waals surface area contributed by atoms with Gasteiger partial charge in [0.2, 0.25) is 0 Å². The molecule has 1 aromatic heterocycles. The van der Waals surface area contributed by atoms with Crippen LogP contribution in [-0.4, -0.2) is 10.2 Å². The molecule has 2 N–H and O–H groups in total. The van der Waals surface area contributed by atoms with Gasteiger partial charge in [0.1, 0.15) is 23.7 Å². The molecule has 0 fully saturated rings. The van der Waals surface area contributed by atoms with Crippen molar-refractivity contribution in [3.05, 3.63) is 155 Å². The molecule has 2 aliphatic rings. The summed E-state index contributed by atoms with van der Waals surface area (Å²) in [5, 5.41) is 24.7. The maximum Gasteiger partial charge on any atom is 0.139 e. The van der Waals surface area contributed by atoms with E-state index in [0.29, 0.717) is 11.3 Å². The minimum absolute atomic E-state index is 0.304. The van der Waals surface area contributed by atoms with Crippen LogP contribution in [0.3, 0.4) is 0 Å². The highest BCUT2D eigenvalue weighted by atomic mass is 16.3. The molecular weight excluding hydrogens is 530 g/mol. The molecule has 0 amide bonds. The third-order valence-corrected chi connectivity index (χ3v) is 9.13. The molecule has 2 atom stereocenters. The molecule has 2 aliphatic carbocycles. The Morgan fingerprint density at radius 2 is 1.26 bits per heavy atom. The van der Waals surface area contributed by atoms with Crippen LogP contribution in [0.4, 0.5) is 17.1 Å². The first-order chi connectivity index (χ1) is 20.9. The summed E-state index contributed by atoms with van der Waals surface area (Å²) in [6.07, 6.45) is -0.0178. The van der Waals surface area contributed by atoms with E-state index in [-0.39, 0.29) is 5.41 Å². The van der Waals surface area contributed by atoms with Crippen LogP contribution in [-0.2, 0) is 5.41 Å². The highest BCUT2D eigenvalue weighted by molar-refractivity contribution is 5.92. The van der Waals surface area contributed by atoms with Gasteiger partial charge in [0.25, 0.3) is 0 Å². The zero-order valence-electron chi connectivity index (χ0n) is 24.0. The quantitative estimate of drug-likeness (QED) is 0.225. The molecular formula is C39H31NO3. The first-order valence-electron chi connectivity index (χ1n) is 14.7. The van der Waals surface area contributed by atoms with E-state index in [2.05, 4.69) is 91.5 Å². The summed E-state index contributed by atoms with van der Waals surface area (Å²) in [6, 6.07) is 41.3. The SMILES string of the molecule is CC1(C)c2cc(N(c3ccccc3)c3ccccc3)ccc2-c2oc(C=C3C(O)c4cccc5cccc(c45)C3O)cc21. The first kappa shape index (κ1) is 25.8. The number of aliphatic hydroxyl groups excluding tert-OH is 2. The van der Waals surface area contributed by atoms with E-state index in [1.807, 2.05) is 54.6 Å². The molecule has 5 aromatic carbocycles. The summed E-state index contributed by atoms with van der Waals surface area (Å²) < 4.78 is 6.51. The molecule has 210 valence electrons. The van der Waals surface area contributed by atoms with E-state index in [0.717, 1.165) is 55.8 Å². The lowest BCUT2D eigenvalue weighted by atomic mass is 9.81. The summed E-state index contributed by atoms with van der Waals surface area (Å²) in [5.74, 6) is 1.47. The van der Waals surface area contributed by atoms with Gasteiger partial charge in [0.05, 0.1) is 0 Å². The van der Waals surface area contributed by atoms with Crippen molar-refractivity contribution in [2.24, 2.45) is 0 Å². The topological polar surface area (TPSA) is 56.8 Å². The fourth-order valence-corrected chi connectivity index (χ4v) is 6.96. The highest BCUT2D eigenvalue weighted by Crippen LogP contribution is 2.53. The fraction of sp³-hybridized carbons (Fsp3) is 0.128. The zero-order chi connectivity index (χ0) is 29.3. The van der Waals surface area contributed by atoms with Crippen LogP contribution in [0.1, 0.15) is 54.1 Å². The average Bonchev–Trinajstić information content (AvgIpc) is 3.55. The summed E-state index contributed by atoms with van der Waals surface area (Å²) in [6.45, 7) is 4.45. The predicted octanol–water partition coefficient (Wildman–Crippen LogP) is 9.37. The van der Waals surface area contributed by atoms with E-state index >= 15 is 0 Å². The second kappa shape index (κ2) is 9.56. The Balaban J connectivity index is 1.20. The van der Waals surface area contributed by atoms with E-state index < -0.39 is 12.2 Å². The first-order valence-corrected chi connectivity index (χ1v) is 14.7. The number of aliphatic hydroxyl groups is 2. The third-order valence-electron chi connectivity index (χ3n) is 9.13. The molecule has 4 heteroatoms. The van der Waals surface area contributed by atoms with Crippen molar-refractivity contribution in [2.75, 3.05) is 4.90 Å². The number of hydrogen-bond donors (Lipinski definition) is 2. The van der Waals surface area contributed by atoms with Crippen molar-refractivity contribution in [3.63, 3.8) is 0 Å². The minimum Gasteiger partial charge on any atom is -0.456 e. The lowest BCUT2D eigenvalue weighted by Crippen LogP contribution is -2.17. The van der Waals surface area contributed by atoms with Gasteiger partial charge < -0.3 is 19.5 Å². The van der Waals surface area contributed by atoms with Crippen LogP contribution in [0.5, 0.6) is 0 Å². The number of rotatable bonds is 4. The van der Waals surface area contributed by atoms with Gasteiger partial charge in [-0.1, -0.05) is 86.6 Å². The van der Waals surface area contributed by atoms with Gasteiger partial charge >= 0.3 is 0 Å². The molecule has 6 aromatic rings. The van der Waals surface area contributed by atoms with Crippen molar-refractivity contribution in [1.29, 1.82) is 0 Å². The van der Waals surface area contributed by atoms with E-state index in [9.17, 15) is 10.2 Å². The summed E-state index contributed by atoms with van der Waals surface area (Å²) in [7, 11) is 0. The predicted molar refractivity (Wildman–Crippen MR) is 173 cm³/mol. The number of para-hydroxylation sites is 2. The molecule has 0 spiro atoms. The molecule has 0 saturated carbocycles. The minimum atomic E-state index is -0.918. The number of furan rings is 1. The van der Waals surface area contributed by atoms with Crippen LogP contribution in [0.25, 0.3) is 28.2 Å². The Labute approximate surface area is 250 Å². The van der Waals surface area contributed by atoms with Gasteiger partial charge in [-0.05, 0) is 87.6 Å². The number of nitrogens with zero attached hydrogens (tertiary/aromatic N) is 1. The van der Waals surface area contributed by atoms with Crippen LogP contribution >= 0.6 is 0 Å². The summed E-state index contributed by atoms with van der Waals surface area (Å²) in [4.78, 5) is 2.27. The summed E-state index contributed by atoms with van der Waals surface area (Å²) >= 11 is 0. The Hall–Kier alpha value is -4.90. The van der Waals surface area contributed by atoms with Crippen LogP contribution in [0.2, 0.25) is 0 Å². The summed E-state index contributed by atoms with van der Waals surface area (Å²) in [5.41, 5.74) is 8.47. The molecule has 0 bridgehead atoms. The highest BCUT2D eigenvalue weighted by Gasteiger charge is 2.40. The maximum atomic E-state index is 11.4. The Morgan fingerprint density at radius 1 is 0.651 bits per heavy atom. The average molecular weight is 562 g/mol. The Morgan fingerprint density at radius 3 is 1.86 bits per heavy atom. The fourth-order valence-electron chi connectivity index (χ4n) is 6.96. The number of hydrogen-bond acceptors (Lipinski definition) is 4. The van der Waals surface area contributed by atoms with Crippen LogP contribution in [0.15, 0.2) is 131 Å². The number of anilines is 3. The van der Waals surface area contributed by atoms with Gasteiger partial charge in [-0.3, -0.25) is 0 Å². The van der Waals surface area contributed by atoms with Crippen LogP contribution in [0, 0.1) is 0 Å². The number of fused-ring (bicyclic) bond motifs is 3. The Kier molecular flexibility index (Phi) is 5.73. The molecule has 8 rings (SSSR count). The monoisotopic (exact) mass is 561 g/mol. The smallest absolute Gasteiger partial charge is 0.139 e. The normalized spacial score (nSPS) is 17.9. The van der Waals surface area contributed by atoms with Gasteiger partial charge in [-0.2, -0.15) is 0 Å². The third kappa shape index (κ3) is 3.91. The lowest BCUT2D eigenvalue weighted by Gasteiger charge is -2.29. The van der Waals surface area contributed by atoms with Gasteiger partial charge in [-0.25, -0.2) is 0 Å². The van der Waals surface area contributed by atoms with E-state index in [1.165, 1.54) is 5.56 Å². The van der Waals surface area contributed by atoms with E-state index in [4.69, 9.17) is 4.42 Å².